The van der Waals surface area contributed by atoms with E-state index in [0.29, 0.717) is 0 Å². The standard InChI is InChI=1S/C18H24FNO/c1-20-16(9-7-13-5-3-2-4-6-13)18-12-14-11-15(19)8-10-17(14)21-18/h8,10-13,16,20H,2-7,9H2,1H3. The predicted octanol–water partition coefficient (Wildman–Crippen LogP) is 5.19. The molecule has 1 unspecified atom stereocenters. The first kappa shape index (κ1) is 14.6. The molecule has 0 amide bonds. The average Bonchev–Trinajstić information content (AvgIpc) is 2.92. The van der Waals surface area contributed by atoms with Gasteiger partial charge in [-0.25, -0.2) is 4.39 Å². The predicted molar refractivity (Wildman–Crippen MR) is 83.8 cm³/mol. The van der Waals surface area contributed by atoms with Gasteiger partial charge in [-0.05, 0) is 50.1 Å². The normalized spacial score (nSPS) is 18.2. The molecule has 2 nitrogen and oxygen atoms in total. The molecular weight excluding hydrogens is 265 g/mol. The summed E-state index contributed by atoms with van der Waals surface area (Å²) in [5.41, 5.74) is 0.768. The Hall–Kier alpha value is -1.35. The zero-order valence-corrected chi connectivity index (χ0v) is 12.7. The summed E-state index contributed by atoms with van der Waals surface area (Å²) in [6.45, 7) is 0. The highest BCUT2D eigenvalue weighted by molar-refractivity contribution is 5.78. The Labute approximate surface area is 125 Å². The fourth-order valence-corrected chi connectivity index (χ4v) is 3.51. The van der Waals surface area contributed by atoms with E-state index in [2.05, 4.69) is 5.32 Å². The van der Waals surface area contributed by atoms with Crippen molar-refractivity contribution in [2.24, 2.45) is 5.92 Å². The van der Waals surface area contributed by atoms with Gasteiger partial charge in [0, 0.05) is 5.39 Å². The van der Waals surface area contributed by atoms with Crippen molar-refractivity contribution >= 4 is 11.0 Å². The maximum absolute atomic E-state index is 13.3. The molecule has 1 heterocycles. The minimum Gasteiger partial charge on any atom is -0.459 e. The number of furan rings is 1. The summed E-state index contributed by atoms with van der Waals surface area (Å²) in [7, 11) is 1.97. The summed E-state index contributed by atoms with van der Waals surface area (Å²) in [5.74, 6) is 1.59. The molecule has 1 atom stereocenters. The number of rotatable bonds is 5. The van der Waals surface area contributed by atoms with Crippen LogP contribution in [0.2, 0.25) is 0 Å². The molecule has 1 aliphatic rings. The second-order valence-electron chi connectivity index (χ2n) is 6.25. The third kappa shape index (κ3) is 3.46. The molecule has 1 aliphatic carbocycles. The zero-order chi connectivity index (χ0) is 14.7. The molecule has 0 radical (unpaired) electrons. The SMILES string of the molecule is CNC(CCC1CCCCC1)c1cc2cc(F)ccc2o1. The van der Waals surface area contributed by atoms with E-state index in [0.717, 1.165) is 29.1 Å². The van der Waals surface area contributed by atoms with Gasteiger partial charge in [-0.3, -0.25) is 0 Å². The largest absolute Gasteiger partial charge is 0.459 e. The van der Waals surface area contributed by atoms with Gasteiger partial charge in [0.2, 0.25) is 0 Å². The van der Waals surface area contributed by atoms with Crippen LogP contribution in [0.3, 0.4) is 0 Å². The van der Waals surface area contributed by atoms with E-state index >= 15 is 0 Å². The maximum atomic E-state index is 13.3. The molecule has 3 rings (SSSR count). The molecule has 1 aromatic carbocycles. The monoisotopic (exact) mass is 289 g/mol. The maximum Gasteiger partial charge on any atom is 0.134 e. The molecule has 1 N–H and O–H groups in total. The molecule has 0 saturated heterocycles. The zero-order valence-electron chi connectivity index (χ0n) is 12.7. The van der Waals surface area contributed by atoms with Crippen molar-refractivity contribution in [1.29, 1.82) is 0 Å². The van der Waals surface area contributed by atoms with Gasteiger partial charge in [0.05, 0.1) is 6.04 Å². The summed E-state index contributed by atoms with van der Waals surface area (Å²) in [4.78, 5) is 0. The van der Waals surface area contributed by atoms with Crippen molar-refractivity contribution in [3.8, 4) is 0 Å². The van der Waals surface area contributed by atoms with Crippen LogP contribution >= 0.6 is 0 Å². The fraction of sp³-hybridized carbons (Fsp3) is 0.556. The van der Waals surface area contributed by atoms with E-state index < -0.39 is 0 Å². The second-order valence-corrected chi connectivity index (χ2v) is 6.25. The molecule has 3 heteroatoms. The molecule has 0 bridgehead atoms. The Bertz CT molecular complexity index is 586. The van der Waals surface area contributed by atoms with Gasteiger partial charge in [-0.2, -0.15) is 0 Å². The quantitative estimate of drug-likeness (QED) is 0.819. The first-order chi connectivity index (χ1) is 10.3. The lowest BCUT2D eigenvalue weighted by Crippen LogP contribution is -2.17. The molecule has 114 valence electrons. The lowest BCUT2D eigenvalue weighted by atomic mass is 9.85. The topological polar surface area (TPSA) is 25.2 Å². The van der Waals surface area contributed by atoms with E-state index in [1.54, 1.807) is 6.07 Å². The minimum atomic E-state index is -0.210. The van der Waals surface area contributed by atoms with Gasteiger partial charge in [0.1, 0.15) is 17.2 Å². The Kier molecular flexibility index (Phi) is 4.59. The Balaban J connectivity index is 1.68. The summed E-state index contributed by atoms with van der Waals surface area (Å²) in [6, 6.07) is 6.90. The summed E-state index contributed by atoms with van der Waals surface area (Å²) >= 11 is 0. The van der Waals surface area contributed by atoms with Gasteiger partial charge in [0.15, 0.2) is 0 Å². The van der Waals surface area contributed by atoms with Crippen molar-refractivity contribution < 1.29 is 8.81 Å². The summed E-state index contributed by atoms with van der Waals surface area (Å²) in [5, 5.41) is 4.20. The van der Waals surface area contributed by atoms with Crippen molar-refractivity contribution in [3.63, 3.8) is 0 Å². The smallest absolute Gasteiger partial charge is 0.134 e. The van der Waals surface area contributed by atoms with Gasteiger partial charge in [-0.1, -0.05) is 32.1 Å². The van der Waals surface area contributed by atoms with Crippen LogP contribution in [0.4, 0.5) is 4.39 Å². The van der Waals surface area contributed by atoms with E-state index in [1.807, 2.05) is 13.1 Å². The van der Waals surface area contributed by atoms with Crippen LogP contribution in [0.5, 0.6) is 0 Å². The number of fused-ring (bicyclic) bond motifs is 1. The first-order valence-electron chi connectivity index (χ1n) is 8.12. The summed E-state index contributed by atoms with van der Waals surface area (Å²) < 4.78 is 19.1. The van der Waals surface area contributed by atoms with Crippen LogP contribution in [-0.2, 0) is 0 Å². The Morgan fingerprint density at radius 1 is 1.24 bits per heavy atom. The van der Waals surface area contributed by atoms with Gasteiger partial charge in [-0.15, -0.1) is 0 Å². The molecule has 1 aromatic heterocycles. The molecule has 2 aromatic rings. The highest BCUT2D eigenvalue weighted by Gasteiger charge is 2.19. The van der Waals surface area contributed by atoms with Crippen molar-refractivity contribution in [2.45, 2.75) is 51.0 Å². The fourth-order valence-electron chi connectivity index (χ4n) is 3.51. The Morgan fingerprint density at radius 2 is 2.05 bits per heavy atom. The van der Waals surface area contributed by atoms with E-state index in [1.165, 1.54) is 50.7 Å². The van der Waals surface area contributed by atoms with Gasteiger partial charge >= 0.3 is 0 Å². The highest BCUT2D eigenvalue weighted by Crippen LogP contribution is 2.32. The molecule has 0 aliphatic heterocycles. The summed E-state index contributed by atoms with van der Waals surface area (Å²) in [6.07, 6.45) is 9.27. The molecular formula is C18H24FNO. The third-order valence-electron chi connectivity index (χ3n) is 4.78. The van der Waals surface area contributed by atoms with Crippen molar-refractivity contribution in [3.05, 3.63) is 35.8 Å². The second kappa shape index (κ2) is 6.61. The van der Waals surface area contributed by atoms with E-state index in [9.17, 15) is 4.39 Å². The van der Waals surface area contributed by atoms with Crippen LogP contribution in [0.15, 0.2) is 28.7 Å². The van der Waals surface area contributed by atoms with E-state index in [-0.39, 0.29) is 11.9 Å². The lowest BCUT2D eigenvalue weighted by Gasteiger charge is -2.23. The van der Waals surface area contributed by atoms with Crippen molar-refractivity contribution in [2.75, 3.05) is 7.05 Å². The van der Waals surface area contributed by atoms with Gasteiger partial charge < -0.3 is 9.73 Å². The first-order valence-corrected chi connectivity index (χ1v) is 8.12. The number of benzene rings is 1. The van der Waals surface area contributed by atoms with Crippen LogP contribution in [0.25, 0.3) is 11.0 Å². The average molecular weight is 289 g/mol. The number of halogens is 1. The number of hydrogen-bond acceptors (Lipinski definition) is 2. The molecule has 21 heavy (non-hydrogen) atoms. The van der Waals surface area contributed by atoms with Crippen molar-refractivity contribution in [1.82, 2.24) is 5.32 Å². The third-order valence-corrected chi connectivity index (χ3v) is 4.78. The molecule has 1 saturated carbocycles. The minimum absolute atomic E-state index is 0.210. The van der Waals surface area contributed by atoms with Crippen LogP contribution in [0, 0.1) is 11.7 Å². The lowest BCUT2D eigenvalue weighted by molar-refractivity contribution is 0.308. The highest BCUT2D eigenvalue weighted by atomic mass is 19.1. The number of hydrogen-bond donors (Lipinski definition) is 1. The Morgan fingerprint density at radius 3 is 2.81 bits per heavy atom. The van der Waals surface area contributed by atoms with Crippen LogP contribution in [0.1, 0.15) is 56.7 Å². The molecule has 0 spiro atoms. The van der Waals surface area contributed by atoms with E-state index in [4.69, 9.17) is 4.42 Å². The van der Waals surface area contributed by atoms with Crippen LogP contribution in [-0.4, -0.2) is 7.05 Å². The number of nitrogens with one attached hydrogen (secondary N) is 1. The molecule has 1 fully saturated rings. The van der Waals surface area contributed by atoms with Gasteiger partial charge in [0.25, 0.3) is 0 Å². The van der Waals surface area contributed by atoms with Crippen LogP contribution < -0.4 is 5.32 Å².